The van der Waals surface area contributed by atoms with E-state index in [0.29, 0.717) is 22.7 Å². The molecule has 0 radical (unpaired) electrons. The Labute approximate surface area is 120 Å². The van der Waals surface area contributed by atoms with E-state index in [-0.39, 0.29) is 6.42 Å². The molecule has 0 aliphatic rings. The number of imidazole rings is 1. The first-order chi connectivity index (χ1) is 10.0. The summed E-state index contributed by atoms with van der Waals surface area (Å²) in [6.45, 7) is 3.30. The molecule has 2 aromatic rings. The van der Waals surface area contributed by atoms with Gasteiger partial charge in [0.15, 0.2) is 0 Å². The van der Waals surface area contributed by atoms with Crippen LogP contribution in [-0.2, 0) is 16.0 Å². The Balaban J connectivity index is 2.15. The summed E-state index contributed by atoms with van der Waals surface area (Å²) in [4.78, 5) is 30.8. The van der Waals surface area contributed by atoms with E-state index < -0.39 is 17.9 Å². The predicted octanol–water partition coefficient (Wildman–Crippen LogP) is 0.529. The van der Waals surface area contributed by atoms with Crippen LogP contribution in [0.3, 0.4) is 0 Å². The summed E-state index contributed by atoms with van der Waals surface area (Å²) < 4.78 is 9.66. The molecule has 112 valence electrons. The molecule has 8 heteroatoms. The van der Waals surface area contributed by atoms with E-state index in [1.165, 1.54) is 13.4 Å². The molecule has 2 heterocycles. The molecule has 0 aromatic carbocycles. The Morgan fingerprint density at radius 1 is 1.48 bits per heavy atom. The topological polar surface area (TPSA) is 110 Å². The molecule has 0 saturated carbocycles. The number of hydrogen-bond donors (Lipinski definition) is 2. The number of aromatic amines is 1. The molecular weight excluding hydrogens is 276 g/mol. The quantitative estimate of drug-likeness (QED) is 0.778. The van der Waals surface area contributed by atoms with Crippen molar-refractivity contribution in [3.8, 4) is 0 Å². The first-order valence-electron chi connectivity index (χ1n) is 6.31. The van der Waals surface area contributed by atoms with Crippen LogP contribution in [0.25, 0.3) is 0 Å². The van der Waals surface area contributed by atoms with Crippen molar-refractivity contribution < 1.29 is 18.8 Å². The maximum atomic E-state index is 12.3. The van der Waals surface area contributed by atoms with Gasteiger partial charge in [0.05, 0.1) is 19.1 Å². The summed E-state index contributed by atoms with van der Waals surface area (Å²) in [7, 11) is 1.27. The van der Waals surface area contributed by atoms with E-state index in [9.17, 15) is 9.59 Å². The van der Waals surface area contributed by atoms with Crippen molar-refractivity contribution >= 4 is 11.9 Å². The van der Waals surface area contributed by atoms with Crippen LogP contribution in [0.5, 0.6) is 0 Å². The fourth-order valence-corrected chi connectivity index (χ4v) is 1.99. The number of amides is 1. The minimum Gasteiger partial charge on any atom is -0.467 e. The molecule has 2 rings (SSSR count). The highest BCUT2D eigenvalue weighted by atomic mass is 16.5. The molecule has 1 atom stereocenters. The number of nitrogens with zero attached hydrogens (tertiary/aromatic N) is 2. The zero-order chi connectivity index (χ0) is 15.4. The van der Waals surface area contributed by atoms with Gasteiger partial charge in [0, 0.05) is 18.3 Å². The van der Waals surface area contributed by atoms with E-state index in [2.05, 4.69) is 20.4 Å². The molecule has 0 fully saturated rings. The summed E-state index contributed by atoms with van der Waals surface area (Å²) in [6, 6.07) is -0.823. The molecule has 0 aliphatic carbocycles. The molecule has 8 nitrogen and oxygen atoms in total. The minimum absolute atomic E-state index is 0.252. The van der Waals surface area contributed by atoms with Crippen molar-refractivity contribution in [2.24, 2.45) is 0 Å². The molecule has 0 saturated heterocycles. The second-order valence-corrected chi connectivity index (χ2v) is 4.53. The second-order valence-electron chi connectivity index (χ2n) is 4.53. The fourth-order valence-electron chi connectivity index (χ4n) is 1.99. The van der Waals surface area contributed by atoms with Crippen LogP contribution >= 0.6 is 0 Å². The number of nitrogens with one attached hydrogen (secondary N) is 2. The van der Waals surface area contributed by atoms with Crippen LogP contribution in [0.2, 0.25) is 0 Å². The third-order valence-electron chi connectivity index (χ3n) is 3.03. The second kappa shape index (κ2) is 6.21. The van der Waals surface area contributed by atoms with Crippen LogP contribution < -0.4 is 5.32 Å². The number of carbonyl (C=O) groups is 2. The third-order valence-corrected chi connectivity index (χ3v) is 3.03. The van der Waals surface area contributed by atoms with Crippen molar-refractivity contribution in [3.05, 3.63) is 35.2 Å². The molecule has 0 bridgehead atoms. The lowest BCUT2D eigenvalue weighted by molar-refractivity contribution is -0.142. The van der Waals surface area contributed by atoms with Crippen LogP contribution in [0, 0.1) is 13.8 Å². The zero-order valence-electron chi connectivity index (χ0n) is 12.0. The molecule has 21 heavy (non-hydrogen) atoms. The van der Waals surface area contributed by atoms with Gasteiger partial charge in [0.2, 0.25) is 0 Å². The zero-order valence-corrected chi connectivity index (χ0v) is 12.0. The Hall–Kier alpha value is -2.64. The highest BCUT2D eigenvalue weighted by Gasteiger charge is 2.26. The number of esters is 1. The van der Waals surface area contributed by atoms with Crippen molar-refractivity contribution in [2.75, 3.05) is 7.11 Å². The lowest BCUT2D eigenvalue weighted by Crippen LogP contribution is -2.43. The van der Waals surface area contributed by atoms with Gasteiger partial charge in [-0.3, -0.25) is 4.79 Å². The molecule has 2 aromatic heterocycles. The number of hydrogen-bond acceptors (Lipinski definition) is 6. The summed E-state index contributed by atoms with van der Waals surface area (Å²) >= 11 is 0. The van der Waals surface area contributed by atoms with E-state index >= 15 is 0 Å². The molecule has 1 amide bonds. The van der Waals surface area contributed by atoms with E-state index in [1.54, 1.807) is 20.0 Å². The summed E-state index contributed by atoms with van der Waals surface area (Å²) in [5, 5.41) is 6.35. The molecular formula is C13H16N4O4. The minimum atomic E-state index is -0.823. The maximum Gasteiger partial charge on any atom is 0.328 e. The Bertz CT molecular complexity index is 613. The first kappa shape index (κ1) is 14.8. The van der Waals surface area contributed by atoms with Gasteiger partial charge in [-0.1, -0.05) is 5.16 Å². The monoisotopic (exact) mass is 292 g/mol. The van der Waals surface area contributed by atoms with Crippen LogP contribution in [0.1, 0.15) is 27.5 Å². The van der Waals surface area contributed by atoms with Crippen molar-refractivity contribution in [3.63, 3.8) is 0 Å². The van der Waals surface area contributed by atoms with Crippen molar-refractivity contribution in [1.29, 1.82) is 0 Å². The average Bonchev–Trinajstić information content (AvgIpc) is 3.07. The van der Waals surface area contributed by atoms with Gasteiger partial charge in [-0.05, 0) is 13.8 Å². The highest BCUT2D eigenvalue weighted by Crippen LogP contribution is 2.12. The first-order valence-corrected chi connectivity index (χ1v) is 6.31. The molecule has 0 aliphatic heterocycles. The van der Waals surface area contributed by atoms with Gasteiger partial charge in [-0.15, -0.1) is 0 Å². The van der Waals surface area contributed by atoms with Crippen molar-refractivity contribution in [2.45, 2.75) is 26.3 Å². The fraction of sp³-hybridized carbons (Fsp3) is 0.385. The van der Waals surface area contributed by atoms with Crippen LogP contribution in [0.4, 0.5) is 0 Å². The lowest BCUT2D eigenvalue weighted by Gasteiger charge is -2.15. The van der Waals surface area contributed by atoms with Gasteiger partial charge < -0.3 is 19.6 Å². The molecule has 2 N–H and O–H groups in total. The van der Waals surface area contributed by atoms with E-state index in [1.807, 2.05) is 0 Å². The van der Waals surface area contributed by atoms with Crippen LogP contribution in [0.15, 0.2) is 17.0 Å². The van der Waals surface area contributed by atoms with Crippen LogP contribution in [-0.4, -0.2) is 40.2 Å². The lowest BCUT2D eigenvalue weighted by atomic mass is 10.1. The van der Waals surface area contributed by atoms with Gasteiger partial charge in [-0.2, -0.15) is 0 Å². The number of aromatic nitrogens is 3. The number of methoxy groups -OCH3 is 1. The van der Waals surface area contributed by atoms with Gasteiger partial charge in [0.1, 0.15) is 17.4 Å². The Kier molecular flexibility index (Phi) is 4.36. The van der Waals surface area contributed by atoms with E-state index in [0.717, 1.165) is 0 Å². The predicted molar refractivity (Wildman–Crippen MR) is 71.5 cm³/mol. The Morgan fingerprint density at radius 3 is 2.76 bits per heavy atom. The molecule has 0 spiro atoms. The van der Waals surface area contributed by atoms with Gasteiger partial charge >= 0.3 is 5.97 Å². The highest BCUT2D eigenvalue weighted by molar-refractivity contribution is 5.98. The number of ether oxygens (including phenoxy) is 1. The largest absolute Gasteiger partial charge is 0.467 e. The standard InChI is InChI=1S/C13H16N4O4/c1-7-11(8(2)21-17-7)12(18)16-10(13(19)20-3)4-9-5-14-6-15-9/h5-6,10H,4H2,1-3H3,(H,14,15)(H,16,18)/t10-/m0/s1. The average molecular weight is 292 g/mol. The van der Waals surface area contributed by atoms with Gasteiger partial charge in [-0.25, -0.2) is 9.78 Å². The maximum absolute atomic E-state index is 12.3. The normalized spacial score (nSPS) is 12.0. The Morgan fingerprint density at radius 2 is 2.24 bits per heavy atom. The third kappa shape index (κ3) is 3.28. The smallest absolute Gasteiger partial charge is 0.328 e. The molecule has 0 unspecified atom stereocenters. The summed E-state index contributed by atoms with van der Waals surface area (Å²) in [6.07, 6.45) is 3.33. The summed E-state index contributed by atoms with van der Waals surface area (Å²) in [5.41, 5.74) is 1.51. The van der Waals surface area contributed by atoms with Gasteiger partial charge in [0.25, 0.3) is 5.91 Å². The number of aryl methyl sites for hydroxylation is 2. The number of carbonyl (C=O) groups excluding carboxylic acids is 2. The number of rotatable bonds is 5. The van der Waals surface area contributed by atoms with E-state index in [4.69, 9.17) is 9.26 Å². The summed E-state index contributed by atoms with van der Waals surface area (Å²) in [5.74, 6) is -0.568. The SMILES string of the molecule is COC(=O)[C@H](Cc1cnc[nH]1)NC(=O)c1c(C)noc1C. The number of H-pyrrole nitrogens is 1. The van der Waals surface area contributed by atoms with Crippen molar-refractivity contribution in [1.82, 2.24) is 20.4 Å².